The average molecular weight is 203 g/mol. The van der Waals surface area contributed by atoms with Crippen LogP contribution in [0.2, 0.25) is 0 Å². The van der Waals surface area contributed by atoms with Gasteiger partial charge in [-0.15, -0.1) is 0 Å². The number of nitrogens with two attached hydrogens (primary N) is 1. The number of sulfone groups is 1. The van der Waals surface area contributed by atoms with Crippen LogP contribution in [0, 0.1) is 0 Å². The highest BCUT2D eigenvalue weighted by Crippen LogP contribution is 2.27. The lowest BCUT2D eigenvalue weighted by molar-refractivity contribution is 0.500. The molecular formula is C8H13NO3S. The van der Waals surface area contributed by atoms with Crippen LogP contribution in [0.15, 0.2) is 15.4 Å². The summed E-state index contributed by atoms with van der Waals surface area (Å²) >= 11 is 0. The van der Waals surface area contributed by atoms with Crippen molar-refractivity contribution in [2.45, 2.75) is 24.7 Å². The second-order valence-electron chi connectivity index (χ2n) is 3.30. The molecule has 13 heavy (non-hydrogen) atoms. The molecule has 0 fully saturated rings. The van der Waals surface area contributed by atoms with Crippen molar-refractivity contribution in [3.8, 4) is 0 Å². The molecule has 0 radical (unpaired) electrons. The number of hydrogen-bond donors (Lipinski definition) is 1. The molecule has 1 aromatic heterocycles. The zero-order valence-electron chi connectivity index (χ0n) is 7.87. The minimum atomic E-state index is -3.26. The molecule has 0 aliphatic carbocycles. The van der Waals surface area contributed by atoms with Crippen LogP contribution in [-0.4, -0.2) is 14.7 Å². The number of anilines is 1. The van der Waals surface area contributed by atoms with Gasteiger partial charge in [0.05, 0.1) is 0 Å². The Bertz CT molecular complexity index is 403. The third kappa shape index (κ3) is 2.03. The highest BCUT2D eigenvalue weighted by Gasteiger charge is 2.18. The molecule has 1 heterocycles. The summed E-state index contributed by atoms with van der Waals surface area (Å²) < 4.78 is 27.4. The van der Waals surface area contributed by atoms with Gasteiger partial charge in [-0.05, 0) is 0 Å². The van der Waals surface area contributed by atoms with E-state index in [0.29, 0.717) is 5.76 Å². The molecule has 0 amide bonds. The van der Waals surface area contributed by atoms with E-state index in [0.717, 1.165) is 6.26 Å². The minimum absolute atomic E-state index is 0.0220. The van der Waals surface area contributed by atoms with Gasteiger partial charge in [0.25, 0.3) is 0 Å². The van der Waals surface area contributed by atoms with E-state index in [9.17, 15) is 8.42 Å². The highest BCUT2D eigenvalue weighted by atomic mass is 32.2. The predicted molar refractivity (Wildman–Crippen MR) is 50.3 cm³/mol. The Balaban J connectivity index is 3.27. The second-order valence-corrected chi connectivity index (χ2v) is 5.29. The Morgan fingerprint density at radius 2 is 2.00 bits per heavy atom. The second kappa shape index (κ2) is 3.06. The molecule has 4 nitrogen and oxygen atoms in total. The fourth-order valence-corrected chi connectivity index (χ4v) is 1.72. The summed E-state index contributed by atoms with van der Waals surface area (Å²) in [6, 6.07) is 1.48. The average Bonchev–Trinajstić information content (AvgIpc) is 2.29. The monoisotopic (exact) mass is 203 g/mol. The van der Waals surface area contributed by atoms with Crippen molar-refractivity contribution in [1.82, 2.24) is 0 Å². The standard InChI is InChI=1S/C8H13NO3S/c1-5(2)6-4-7(8(9)12-6)13(3,10)11/h4-5H,9H2,1-3H3. The first-order chi connectivity index (χ1) is 5.82. The Hall–Kier alpha value is -0.970. The third-order valence-corrected chi connectivity index (χ3v) is 2.83. The van der Waals surface area contributed by atoms with Crippen LogP contribution in [0.25, 0.3) is 0 Å². The Morgan fingerprint density at radius 1 is 1.46 bits per heavy atom. The molecule has 1 rings (SSSR count). The molecule has 2 N–H and O–H groups in total. The van der Waals surface area contributed by atoms with E-state index >= 15 is 0 Å². The van der Waals surface area contributed by atoms with Crippen LogP contribution in [-0.2, 0) is 9.84 Å². The maximum Gasteiger partial charge on any atom is 0.209 e. The summed E-state index contributed by atoms with van der Waals surface area (Å²) in [5, 5.41) is 0. The molecule has 0 spiro atoms. The summed E-state index contributed by atoms with van der Waals surface area (Å²) in [4.78, 5) is 0.0798. The van der Waals surface area contributed by atoms with Gasteiger partial charge in [0.15, 0.2) is 9.84 Å². The lowest BCUT2D eigenvalue weighted by atomic mass is 10.2. The van der Waals surface area contributed by atoms with Crippen molar-refractivity contribution in [3.63, 3.8) is 0 Å². The maximum atomic E-state index is 11.1. The number of furan rings is 1. The molecule has 74 valence electrons. The van der Waals surface area contributed by atoms with E-state index < -0.39 is 9.84 Å². The minimum Gasteiger partial charge on any atom is -0.444 e. The van der Waals surface area contributed by atoms with Crippen molar-refractivity contribution in [2.24, 2.45) is 0 Å². The molecule has 0 saturated carbocycles. The van der Waals surface area contributed by atoms with Gasteiger partial charge in [-0.25, -0.2) is 8.42 Å². The van der Waals surface area contributed by atoms with Crippen LogP contribution in [0.4, 0.5) is 5.88 Å². The molecule has 0 bridgehead atoms. The Kier molecular flexibility index (Phi) is 2.38. The lowest BCUT2D eigenvalue weighted by Gasteiger charge is -1.95. The fraction of sp³-hybridized carbons (Fsp3) is 0.500. The molecule has 1 aromatic rings. The summed E-state index contributed by atoms with van der Waals surface area (Å²) in [7, 11) is -3.26. The molecule has 5 heteroatoms. The molecule has 0 aliphatic heterocycles. The number of nitrogen functional groups attached to an aromatic ring is 1. The van der Waals surface area contributed by atoms with Crippen LogP contribution >= 0.6 is 0 Å². The van der Waals surface area contributed by atoms with E-state index in [1.54, 1.807) is 0 Å². The van der Waals surface area contributed by atoms with Crippen LogP contribution in [0.5, 0.6) is 0 Å². The maximum absolute atomic E-state index is 11.1. The molecule has 0 unspecified atom stereocenters. The Morgan fingerprint density at radius 3 is 2.23 bits per heavy atom. The molecule has 0 atom stereocenters. The first-order valence-electron chi connectivity index (χ1n) is 3.91. The SMILES string of the molecule is CC(C)c1cc(S(C)(=O)=O)c(N)o1. The number of rotatable bonds is 2. The van der Waals surface area contributed by atoms with E-state index in [1.165, 1.54) is 6.07 Å². The van der Waals surface area contributed by atoms with Crippen LogP contribution in [0.3, 0.4) is 0 Å². The van der Waals surface area contributed by atoms with Gasteiger partial charge < -0.3 is 10.2 Å². The summed E-state index contributed by atoms with van der Waals surface area (Å²) in [5.41, 5.74) is 5.42. The van der Waals surface area contributed by atoms with Crippen molar-refractivity contribution >= 4 is 15.7 Å². The summed E-state index contributed by atoms with van der Waals surface area (Å²) in [6.45, 7) is 3.81. The first-order valence-corrected chi connectivity index (χ1v) is 5.80. The van der Waals surface area contributed by atoms with E-state index in [-0.39, 0.29) is 16.7 Å². The van der Waals surface area contributed by atoms with Gasteiger partial charge >= 0.3 is 0 Å². The lowest BCUT2D eigenvalue weighted by Crippen LogP contribution is -1.98. The third-order valence-electron chi connectivity index (χ3n) is 1.71. The van der Waals surface area contributed by atoms with E-state index in [1.807, 2.05) is 13.8 Å². The van der Waals surface area contributed by atoms with E-state index in [4.69, 9.17) is 10.2 Å². The Labute approximate surface area is 77.7 Å². The van der Waals surface area contributed by atoms with Crippen molar-refractivity contribution < 1.29 is 12.8 Å². The topological polar surface area (TPSA) is 73.3 Å². The van der Waals surface area contributed by atoms with Gasteiger partial charge in [-0.1, -0.05) is 13.8 Å². The molecular weight excluding hydrogens is 190 g/mol. The van der Waals surface area contributed by atoms with E-state index in [2.05, 4.69) is 0 Å². The van der Waals surface area contributed by atoms with Crippen molar-refractivity contribution in [1.29, 1.82) is 0 Å². The number of hydrogen-bond acceptors (Lipinski definition) is 4. The molecule has 0 saturated heterocycles. The largest absolute Gasteiger partial charge is 0.444 e. The summed E-state index contributed by atoms with van der Waals surface area (Å²) in [5.74, 6) is 0.710. The first kappa shape index (κ1) is 10.1. The van der Waals surface area contributed by atoms with Crippen molar-refractivity contribution in [2.75, 3.05) is 12.0 Å². The van der Waals surface area contributed by atoms with Gasteiger partial charge in [0.1, 0.15) is 10.7 Å². The smallest absolute Gasteiger partial charge is 0.209 e. The van der Waals surface area contributed by atoms with Crippen LogP contribution in [0.1, 0.15) is 25.5 Å². The van der Waals surface area contributed by atoms with Gasteiger partial charge in [0.2, 0.25) is 5.88 Å². The van der Waals surface area contributed by atoms with Crippen LogP contribution < -0.4 is 5.73 Å². The molecule has 0 aliphatic rings. The van der Waals surface area contributed by atoms with Crippen molar-refractivity contribution in [3.05, 3.63) is 11.8 Å². The summed E-state index contributed by atoms with van der Waals surface area (Å²) in [6.07, 6.45) is 1.11. The van der Waals surface area contributed by atoms with Gasteiger partial charge in [-0.3, -0.25) is 0 Å². The quantitative estimate of drug-likeness (QED) is 0.788. The highest BCUT2D eigenvalue weighted by molar-refractivity contribution is 7.90. The van der Waals surface area contributed by atoms with Gasteiger partial charge in [-0.2, -0.15) is 0 Å². The molecule has 0 aromatic carbocycles. The predicted octanol–water partition coefficient (Wildman–Crippen LogP) is 1.39. The zero-order chi connectivity index (χ0) is 10.2. The fourth-order valence-electron chi connectivity index (χ4n) is 0.981. The van der Waals surface area contributed by atoms with Gasteiger partial charge in [0, 0.05) is 18.2 Å². The zero-order valence-corrected chi connectivity index (χ0v) is 8.68. The normalized spacial score (nSPS) is 12.3.